The van der Waals surface area contributed by atoms with Gasteiger partial charge in [0.05, 0.1) is 19.0 Å². The highest BCUT2D eigenvalue weighted by Crippen LogP contribution is 2.18. The quantitative estimate of drug-likeness (QED) is 0.649. The first-order chi connectivity index (χ1) is 9.53. The van der Waals surface area contributed by atoms with Gasteiger partial charge in [-0.25, -0.2) is 0 Å². The summed E-state index contributed by atoms with van der Waals surface area (Å²) in [6, 6.07) is 3.67. The molecule has 0 amide bonds. The molecule has 1 rings (SSSR count). The summed E-state index contributed by atoms with van der Waals surface area (Å²) < 4.78 is 15.6. The summed E-state index contributed by atoms with van der Waals surface area (Å²) in [5, 5.41) is 13.1. The van der Waals surface area contributed by atoms with Crippen molar-refractivity contribution >= 4 is 0 Å². The zero-order chi connectivity index (χ0) is 14.8. The van der Waals surface area contributed by atoms with E-state index in [-0.39, 0.29) is 5.41 Å². The van der Waals surface area contributed by atoms with Crippen molar-refractivity contribution < 1.29 is 19.0 Å². The van der Waals surface area contributed by atoms with Crippen LogP contribution in [0.3, 0.4) is 0 Å². The van der Waals surface area contributed by atoms with Gasteiger partial charge in [0, 0.05) is 26.8 Å². The Morgan fingerprint density at radius 1 is 1.45 bits per heavy atom. The summed E-state index contributed by atoms with van der Waals surface area (Å²) in [7, 11) is 1.71. The predicted molar refractivity (Wildman–Crippen MR) is 77.5 cm³/mol. The number of aliphatic hydroxyl groups is 1. The molecule has 1 heterocycles. The van der Waals surface area contributed by atoms with Crippen LogP contribution in [-0.4, -0.2) is 44.6 Å². The van der Waals surface area contributed by atoms with E-state index in [2.05, 4.69) is 19.2 Å². The monoisotopic (exact) mass is 285 g/mol. The van der Waals surface area contributed by atoms with Crippen LogP contribution >= 0.6 is 0 Å². The topological polar surface area (TPSA) is 63.9 Å². The van der Waals surface area contributed by atoms with E-state index in [9.17, 15) is 5.11 Å². The van der Waals surface area contributed by atoms with Crippen molar-refractivity contribution in [1.29, 1.82) is 0 Å². The maximum Gasteiger partial charge on any atom is 0.129 e. The van der Waals surface area contributed by atoms with Crippen LogP contribution in [0.25, 0.3) is 0 Å². The molecule has 0 saturated heterocycles. The van der Waals surface area contributed by atoms with E-state index >= 15 is 0 Å². The van der Waals surface area contributed by atoms with Crippen molar-refractivity contribution in [1.82, 2.24) is 5.32 Å². The highest BCUT2D eigenvalue weighted by Gasteiger charge is 2.17. The maximum atomic E-state index is 9.81. The smallest absolute Gasteiger partial charge is 0.129 e. The van der Waals surface area contributed by atoms with Gasteiger partial charge in [-0.05, 0) is 24.0 Å². The molecule has 1 aromatic rings. The number of methoxy groups -OCH3 is 1. The summed E-state index contributed by atoms with van der Waals surface area (Å²) in [4.78, 5) is 0. The standard InChI is InChI=1S/C15H27NO4/c1-15(2,6-8-18-3)12-16-9-13(17)10-19-11-14-5-4-7-20-14/h4-5,7,13,16-17H,6,8-12H2,1-3H3. The van der Waals surface area contributed by atoms with Crippen molar-refractivity contribution in [3.05, 3.63) is 24.2 Å². The van der Waals surface area contributed by atoms with Crippen LogP contribution in [0.5, 0.6) is 0 Å². The predicted octanol–water partition coefficient (Wildman–Crippen LogP) is 1.81. The minimum Gasteiger partial charge on any atom is -0.467 e. The van der Waals surface area contributed by atoms with E-state index < -0.39 is 6.10 Å². The maximum absolute atomic E-state index is 9.81. The second kappa shape index (κ2) is 9.13. The van der Waals surface area contributed by atoms with E-state index in [1.165, 1.54) is 0 Å². The van der Waals surface area contributed by atoms with Gasteiger partial charge in [-0.1, -0.05) is 13.8 Å². The highest BCUT2D eigenvalue weighted by molar-refractivity contribution is 4.96. The van der Waals surface area contributed by atoms with Gasteiger partial charge in [0.1, 0.15) is 12.4 Å². The van der Waals surface area contributed by atoms with Gasteiger partial charge in [-0.2, -0.15) is 0 Å². The SMILES string of the molecule is COCCC(C)(C)CNCC(O)COCc1ccco1. The Hall–Kier alpha value is -0.880. The van der Waals surface area contributed by atoms with Crippen LogP contribution in [0, 0.1) is 5.41 Å². The highest BCUT2D eigenvalue weighted by atomic mass is 16.5. The van der Waals surface area contributed by atoms with Crippen LogP contribution in [0.15, 0.2) is 22.8 Å². The normalized spacial score (nSPS) is 13.6. The molecule has 0 spiro atoms. The molecule has 0 bridgehead atoms. The Kier molecular flexibility index (Phi) is 7.84. The van der Waals surface area contributed by atoms with Crippen molar-refractivity contribution in [2.24, 2.45) is 5.41 Å². The Morgan fingerprint density at radius 3 is 2.90 bits per heavy atom. The average molecular weight is 285 g/mol. The lowest BCUT2D eigenvalue weighted by Crippen LogP contribution is -2.37. The van der Waals surface area contributed by atoms with Crippen LogP contribution in [0.4, 0.5) is 0 Å². The van der Waals surface area contributed by atoms with Crippen molar-refractivity contribution in [2.45, 2.75) is 33.0 Å². The summed E-state index contributed by atoms with van der Waals surface area (Å²) in [6.45, 7) is 7.16. The minimum absolute atomic E-state index is 0.157. The van der Waals surface area contributed by atoms with Crippen LogP contribution < -0.4 is 5.32 Å². The zero-order valence-electron chi connectivity index (χ0n) is 12.7. The summed E-state index contributed by atoms with van der Waals surface area (Å²) in [5.41, 5.74) is 0.157. The summed E-state index contributed by atoms with van der Waals surface area (Å²) in [5.74, 6) is 0.769. The second-order valence-electron chi connectivity index (χ2n) is 5.79. The number of furan rings is 1. The second-order valence-corrected chi connectivity index (χ2v) is 5.79. The largest absolute Gasteiger partial charge is 0.467 e. The van der Waals surface area contributed by atoms with E-state index in [1.54, 1.807) is 13.4 Å². The Bertz CT molecular complexity index is 338. The molecule has 20 heavy (non-hydrogen) atoms. The van der Waals surface area contributed by atoms with E-state index in [4.69, 9.17) is 13.9 Å². The summed E-state index contributed by atoms with van der Waals surface area (Å²) >= 11 is 0. The van der Waals surface area contributed by atoms with E-state index in [0.29, 0.717) is 19.8 Å². The number of hydrogen-bond donors (Lipinski definition) is 2. The lowest BCUT2D eigenvalue weighted by atomic mass is 9.90. The molecule has 0 radical (unpaired) electrons. The minimum atomic E-state index is -0.511. The Labute approximate surface area is 121 Å². The summed E-state index contributed by atoms with van der Waals surface area (Å²) in [6.07, 6.45) is 2.09. The molecule has 1 unspecified atom stereocenters. The zero-order valence-corrected chi connectivity index (χ0v) is 12.7. The fraction of sp³-hybridized carbons (Fsp3) is 0.733. The van der Waals surface area contributed by atoms with Crippen molar-refractivity contribution in [3.63, 3.8) is 0 Å². The first-order valence-corrected chi connectivity index (χ1v) is 7.01. The Balaban J connectivity index is 2.06. The molecule has 0 aliphatic carbocycles. The molecule has 0 aliphatic rings. The van der Waals surface area contributed by atoms with Gasteiger partial charge in [0.2, 0.25) is 0 Å². The first-order valence-electron chi connectivity index (χ1n) is 7.01. The third-order valence-electron chi connectivity index (χ3n) is 3.10. The van der Waals surface area contributed by atoms with Gasteiger partial charge in [0.25, 0.3) is 0 Å². The van der Waals surface area contributed by atoms with Crippen molar-refractivity contribution in [2.75, 3.05) is 33.4 Å². The fourth-order valence-electron chi connectivity index (χ4n) is 1.79. The lowest BCUT2D eigenvalue weighted by molar-refractivity contribution is 0.0215. The molecule has 0 fully saturated rings. The van der Waals surface area contributed by atoms with Gasteiger partial charge in [-0.15, -0.1) is 0 Å². The molecular formula is C15H27NO4. The average Bonchev–Trinajstić information content (AvgIpc) is 2.89. The number of aliphatic hydroxyl groups excluding tert-OH is 1. The van der Waals surface area contributed by atoms with E-state index in [0.717, 1.165) is 25.3 Å². The van der Waals surface area contributed by atoms with Gasteiger partial charge >= 0.3 is 0 Å². The van der Waals surface area contributed by atoms with E-state index in [1.807, 2.05) is 12.1 Å². The fourth-order valence-corrected chi connectivity index (χ4v) is 1.79. The van der Waals surface area contributed by atoms with Crippen LogP contribution in [0.1, 0.15) is 26.0 Å². The van der Waals surface area contributed by atoms with Crippen LogP contribution in [-0.2, 0) is 16.1 Å². The third kappa shape index (κ3) is 7.65. The number of rotatable bonds is 11. The van der Waals surface area contributed by atoms with Crippen molar-refractivity contribution in [3.8, 4) is 0 Å². The number of ether oxygens (including phenoxy) is 2. The molecule has 116 valence electrons. The number of hydrogen-bond acceptors (Lipinski definition) is 5. The number of nitrogens with one attached hydrogen (secondary N) is 1. The lowest BCUT2D eigenvalue weighted by Gasteiger charge is -2.25. The molecule has 5 heteroatoms. The molecule has 0 saturated carbocycles. The van der Waals surface area contributed by atoms with Gasteiger partial charge < -0.3 is 24.3 Å². The van der Waals surface area contributed by atoms with Gasteiger partial charge in [-0.3, -0.25) is 0 Å². The molecule has 1 aromatic heterocycles. The van der Waals surface area contributed by atoms with Gasteiger partial charge in [0.15, 0.2) is 0 Å². The third-order valence-corrected chi connectivity index (χ3v) is 3.10. The van der Waals surface area contributed by atoms with Crippen LogP contribution in [0.2, 0.25) is 0 Å². The Morgan fingerprint density at radius 2 is 2.25 bits per heavy atom. The first kappa shape index (κ1) is 17.2. The molecule has 2 N–H and O–H groups in total. The molecule has 1 atom stereocenters. The molecule has 0 aliphatic heterocycles. The molecular weight excluding hydrogens is 258 g/mol. The molecule has 5 nitrogen and oxygen atoms in total. The molecule has 0 aromatic carbocycles.